The van der Waals surface area contributed by atoms with Gasteiger partial charge in [0.25, 0.3) is 0 Å². The fourth-order valence-corrected chi connectivity index (χ4v) is 2.47. The summed E-state index contributed by atoms with van der Waals surface area (Å²) < 4.78 is 10.8. The van der Waals surface area contributed by atoms with Crippen molar-refractivity contribution in [3.05, 3.63) is 41.5 Å². The summed E-state index contributed by atoms with van der Waals surface area (Å²) in [4.78, 5) is 6.67. The maximum atomic E-state index is 5.45. The molecule has 0 bridgehead atoms. The van der Waals surface area contributed by atoms with Crippen molar-refractivity contribution < 1.29 is 9.26 Å². The third-order valence-electron chi connectivity index (χ3n) is 4.09. The van der Waals surface area contributed by atoms with Crippen LogP contribution in [0.5, 0.6) is 5.75 Å². The lowest BCUT2D eigenvalue weighted by Crippen LogP contribution is -2.22. The Kier molecular flexibility index (Phi) is 6.16. The fraction of sp³-hybridized carbons (Fsp3) is 0.556. The molecule has 2 rings (SSSR count). The molecule has 5 heteroatoms. The van der Waals surface area contributed by atoms with Gasteiger partial charge in [0.2, 0.25) is 5.89 Å². The van der Waals surface area contributed by atoms with Gasteiger partial charge in [-0.2, -0.15) is 4.98 Å². The van der Waals surface area contributed by atoms with E-state index in [2.05, 4.69) is 48.9 Å². The molecule has 126 valence electrons. The summed E-state index contributed by atoms with van der Waals surface area (Å²) >= 11 is 0. The van der Waals surface area contributed by atoms with Crippen molar-refractivity contribution in [3.63, 3.8) is 0 Å². The standard InChI is InChI=1S/C18H27N3O2/c1-13(2)10-11-17-19-18(23-20-17)12-21(4)14(3)15-8-6-7-9-16(15)22-5/h6-9,13-14H,10-12H2,1-5H3. The van der Waals surface area contributed by atoms with Crippen LogP contribution in [0.3, 0.4) is 0 Å². The fourth-order valence-electron chi connectivity index (χ4n) is 2.47. The third kappa shape index (κ3) is 4.79. The minimum absolute atomic E-state index is 0.192. The molecule has 0 radical (unpaired) electrons. The lowest BCUT2D eigenvalue weighted by atomic mass is 10.1. The Morgan fingerprint density at radius 3 is 2.65 bits per heavy atom. The van der Waals surface area contributed by atoms with Gasteiger partial charge in [-0.25, -0.2) is 0 Å². The van der Waals surface area contributed by atoms with Crippen LogP contribution in [0.25, 0.3) is 0 Å². The van der Waals surface area contributed by atoms with Crippen LogP contribution < -0.4 is 4.74 Å². The van der Waals surface area contributed by atoms with E-state index >= 15 is 0 Å². The lowest BCUT2D eigenvalue weighted by molar-refractivity contribution is 0.212. The second-order valence-corrected chi connectivity index (χ2v) is 6.37. The molecule has 0 aliphatic heterocycles. The van der Waals surface area contributed by atoms with E-state index < -0.39 is 0 Å². The van der Waals surface area contributed by atoms with E-state index in [1.807, 2.05) is 18.2 Å². The van der Waals surface area contributed by atoms with E-state index in [0.717, 1.165) is 30.0 Å². The van der Waals surface area contributed by atoms with Crippen LogP contribution in [-0.2, 0) is 13.0 Å². The molecule has 0 spiro atoms. The van der Waals surface area contributed by atoms with Crippen molar-refractivity contribution >= 4 is 0 Å². The average Bonchev–Trinajstić information content (AvgIpc) is 2.99. The van der Waals surface area contributed by atoms with Gasteiger partial charge >= 0.3 is 0 Å². The number of rotatable bonds is 8. The summed E-state index contributed by atoms with van der Waals surface area (Å²) in [5.74, 6) is 3.00. The molecule has 0 saturated carbocycles. The third-order valence-corrected chi connectivity index (χ3v) is 4.09. The molecule has 23 heavy (non-hydrogen) atoms. The minimum Gasteiger partial charge on any atom is -0.496 e. The number of aryl methyl sites for hydroxylation is 1. The van der Waals surface area contributed by atoms with Crippen molar-refractivity contribution in [2.45, 2.75) is 46.2 Å². The smallest absolute Gasteiger partial charge is 0.240 e. The topological polar surface area (TPSA) is 51.4 Å². The van der Waals surface area contributed by atoms with Crippen molar-refractivity contribution in [3.8, 4) is 5.75 Å². The summed E-state index contributed by atoms with van der Waals surface area (Å²) in [6.07, 6.45) is 1.94. The van der Waals surface area contributed by atoms with E-state index in [1.54, 1.807) is 7.11 Å². The minimum atomic E-state index is 0.192. The number of nitrogens with zero attached hydrogens (tertiary/aromatic N) is 3. The van der Waals surface area contributed by atoms with Crippen LogP contribution in [0, 0.1) is 5.92 Å². The average molecular weight is 317 g/mol. The first kappa shape index (κ1) is 17.5. The largest absolute Gasteiger partial charge is 0.496 e. The van der Waals surface area contributed by atoms with Gasteiger partial charge in [-0.1, -0.05) is 37.2 Å². The SMILES string of the molecule is COc1ccccc1C(C)N(C)Cc1nc(CCC(C)C)no1. The van der Waals surface area contributed by atoms with E-state index in [-0.39, 0.29) is 6.04 Å². The molecule has 1 aromatic heterocycles. The Morgan fingerprint density at radius 2 is 1.96 bits per heavy atom. The van der Waals surface area contributed by atoms with E-state index in [9.17, 15) is 0 Å². The van der Waals surface area contributed by atoms with Crippen molar-refractivity contribution in [2.75, 3.05) is 14.2 Å². The first-order valence-corrected chi connectivity index (χ1v) is 8.15. The molecule has 0 fully saturated rings. The predicted molar refractivity (Wildman–Crippen MR) is 90.3 cm³/mol. The van der Waals surface area contributed by atoms with Gasteiger partial charge in [0, 0.05) is 18.0 Å². The quantitative estimate of drug-likeness (QED) is 0.740. The highest BCUT2D eigenvalue weighted by atomic mass is 16.5. The second-order valence-electron chi connectivity index (χ2n) is 6.37. The summed E-state index contributed by atoms with van der Waals surface area (Å²) in [5.41, 5.74) is 1.15. The van der Waals surface area contributed by atoms with Gasteiger partial charge in [0.15, 0.2) is 5.82 Å². The normalized spacial score (nSPS) is 12.8. The zero-order chi connectivity index (χ0) is 16.8. The Labute approximate surface area is 138 Å². The molecule has 1 atom stereocenters. The Bertz CT molecular complexity index is 610. The van der Waals surface area contributed by atoms with E-state index in [1.165, 1.54) is 0 Å². The van der Waals surface area contributed by atoms with Gasteiger partial charge in [-0.05, 0) is 32.4 Å². The van der Waals surface area contributed by atoms with Gasteiger partial charge in [-0.3, -0.25) is 4.90 Å². The number of aromatic nitrogens is 2. The van der Waals surface area contributed by atoms with Gasteiger partial charge in [0.1, 0.15) is 5.75 Å². The van der Waals surface area contributed by atoms with Crippen LogP contribution in [0.1, 0.15) is 50.5 Å². The van der Waals surface area contributed by atoms with Gasteiger partial charge < -0.3 is 9.26 Å². The van der Waals surface area contributed by atoms with Crippen LogP contribution >= 0.6 is 0 Å². The molecule has 0 amide bonds. The molecular weight excluding hydrogens is 290 g/mol. The van der Waals surface area contributed by atoms with E-state index in [4.69, 9.17) is 9.26 Å². The van der Waals surface area contributed by atoms with Crippen molar-refractivity contribution in [1.29, 1.82) is 0 Å². The Morgan fingerprint density at radius 1 is 1.22 bits per heavy atom. The number of hydrogen-bond donors (Lipinski definition) is 0. The maximum absolute atomic E-state index is 5.45. The number of benzene rings is 1. The monoisotopic (exact) mass is 317 g/mol. The summed E-state index contributed by atoms with van der Waals surface area (Å²) in [5, 5.41) is 4.07. The maximum Gasteiger partial charge on any atom is 0.240 e. The highest BCUT2D eigenvalue weighted by molar-refractivity contribution is 5.35. The van der Waals surface area contributed by atoms with Crippen LogP contribution in [0.15, 0.2) is 28.8 Å². The molecule has 5 nitrogen and oxygen atoms in total. The highest BCUT2D eigenvalue weighted by Crippen LogP contribution is 2.28. The molecular formula is C18H27N3O2. The molecule has 0 aliphatic rings. The predicted octanol–water partition coefficient (Wildman–Crippen LogP) is 3.86. The molecule has 0 aliphatic carbocycles. The zero-order valence-electron chi connectivity index (χ0n) is 14.7. The molecule has 0 saturated heterocycles. The lowest BCUT2D eigenvalue weighted by Gasteiger charge is -2.24. The summed E-state index contributed by atoms with van der Waals surface area (Å²) in [6.45, 7) is 7.16. The van der Waals surface area contributed by atoms with Crippen molar-refractivity contribution in [1.82, 2.24) is 15.0 Å². The van der Waals surface area contributed by atoms with Gasteiger partial charge in [0.05, 0.1) is 13.7 Å². The van der Waals surface area contributed by atoms with E-state index in [0.29, 0.717) is 18.4 Å². The first-order valence-electron chi connectivity index (χ1n) is 8.15. The molecule has 0 N–H and O–H groups in total. The first-order chi connectivity index (χ1) is 11.0. The number of hydrogen-bond acceptors (Lipinski definition) is 5. The van der Waals surface area contributed by atoms with Gasteiger partial charge in [-0.15, -0.1) is 0 Å². The summed E-state index contributed by atoms with van der Waals surface area (Å²) in [6, 6.07) is 8.27. The molecule has 1 unspecified atom stereocenters. The Balaban J connectivity index is 1.99. The zero-order valence-corrected chi connectivity index (χ0v) is 14.7. The number of methoxy groups -OCH3 is 1. The van der Waals surface area contributed by atoms with Crippen LogP contribution in [-0.4, -0.2) is 29.2 Å². The highest BCUT2D eigenvalue weighted by Gasteiger charge is 2.18. The van der Waals surface area contributed by atoms with Crippen LogP contribution in [0.2, 0.25) is 0 Å². The molecule has 1 aromatic carbocycles. The van der Waals surface area contributed by atoms with Crippen LogP contribution in [0.4, 0.5) is 0 Å². The number of para-hydroxylation sites is 1. The number of ether oxygens (including phenoxy) is 1. The molecule has 2 aromatic rings. The summed E-state index contributed by atoms with van der Waals surface area (Å²) in [7, 11) is 3.75. The van der Waals surface area contributed by atoms with Crippen molar-refractivity contribution in [2.24, 2.45) is 5.92 Å². The molecule has 1 heterocycles. The Hall–Kier alpha value is -1.88. The second kappa shape index (κ2) is 8.11.